The lowest BCUT2D eigenvalue weighted by Gasteiger charge is -2.11. The van der Waals surface area contributed by atoms with Gasteiger partial charge in [0.2, 0.25) is 0 Å². The summed E-state index contributed by atoms with van der Waals surface area (Å²) in [7, 11) is 0. The number of hydrogen-bond acceptors (Lipinski definition) is 2. The monoisotopic (exact) mass is 286 g/mol. The summed E-state index contributed by atoms with van der Waals surface area (Å²) in [5.74, 6) is -1.59. The molecule has 0 aliphatic heterocycles. The fourth-order valence-corrected chi connectivity index (χ4v) is 1.36. The van der Waals surface area contributed by atoms with Crippen molar-refractivity contribution in [2.24, 2.45) is 0 Å². The summed E-state index contributed by atoms with van der Waals surface area (Å²) in [5, 5.41) is 0. The van der Waals surface area contributed by atoms with Gasteiger partial charge in [-0.05, 0) is 28.1 Å². The third-order valence-corrected chi connectivity index (χ3v) is 2.25. The van der Waals surface area contributed by atoms with Gasteiger partial charge in [-0.15, -0.1) is 13.2 Å². The van der Waals surface area contributed by atoms with Gasteiger partial charge in [0.25, 0.3) is 0 Å². The highest BCUT2D eigenvalue weighted by atomic mass is 79.9. The quantitative estimate of drug-likeness (QED) is 0.616. The van der Waals surface area contributed by atoms with E-state index in [1.807, 2.05) is 0 Å². The molecule has 0 heterocycles. The summed E-state index contributed by atoms with van der Waals surface area (Å²) in [6.07, 6.45) is -4.79. The Labute approximate surface area is 90.0 Å². The van der Waals surface area contributed by atoms with Crippen LogP contribution in [-0.4, -0.2) is 12.6 Å². The lowest BCUT2D eigenvalue weighted by Crippen LogP contribution is -2.17. The van der Waals surface area contributed by atoms with Gasteiger partial charge in [0, 0.05) is 0 Å². The molecule has 0 aromatic heterocycles. The van der Waals surface area contributed by atoms with Crippen molar-refractivity contribution in [1.29, 1.82) is 0 Å². The number of ether oxygens (including phenoxy) is 1. The van der Waals surface area contributed by atoms with Crippen LogP contribution in [-0.2, 0) is 0 Å². The van der Waals surface area contributed by atoms with E-state index >= 15 is 0 Å². The number of halogens is 5. The van der Waals surface area contributed by atoms with E-state index < -0.39 is 23.5 Å². The van der Waals surface area contributed by atoms with Crippen LogP contribution in [0.5, 0.6) is 5.75 Å². The third kappa shape index (κ3) is 2.92. The van der Waals surface area contributed by atoms with Crippen molar-refractivity contribution in [3.05, 3.63) is 28.0 Å². The molecule has 0 unspecified atom stereocenters. The van der Waals surface area contributed by atoms with E-state index in [0.29, 0.717) is 0 Å². The summed E-state index contributed by atoms with van der Waals surface area (Å²) >= 11 is 2.65. The van der Waals surface area contributed by atoms with Crippen molar-refractivity contribution in [3.8, 4) is 5.75 Å². The van der Waals surface area contributed by atoms with Crippen LogP contribution in [0, 0.1) is 5.82 Å². The number of carbonyl (C=O) groups is 1. The molecule has 0 amide bonds. The minimum Gasteiger partial charge on any atom is -0.405 e. The molecule has 0 saturated heterocycles. The Kier molecular flexibility index (Phi) is 3.33. The Morgan fingerprint density at radius 1 is 1.33 bits per heavy atom. The minimum atomic E-state index is -4.89. The first-order valence-corrected chi connectivity index (χ1v) is 4.33. The molecule has 1 aromatic carbocycles. The van der Waals surface area contributed by atoms with Crippen LogP contribution in [0.1, 0.15) is 10.4 Å². The molecule has 0 aliphatic rings. The minimum absolute atomic E-state index is 0.0999. The highest BCUT2D eigenvalue weighted by Gasteiger charge is 2.32. The van der Waals surface area contributed by atoms with Gasteiger partial charge >= 0.3 is 6.36 Å². The maximum Gasteiger partial charge on any atom is 0.573 e. The zero-order chi connectivity index (χ0) is 11.6. The van der Waals surface area contributed by atoms with Gasteiger partial charge < -0.3 is 4.74 Å². The highest BCUT2D eigenvalue weighted by molar-refractivity contribution is 9.10. The second kappa shape index (κ2) is 4.18. The molecule has 1 aromatic rings. The van der Waals surface area contributed by atoms with E-state index in [-0.39, 0.29) is 10.8 Å². The number of carbonyl (C=O) groups excluding carboxylic acids is 1. The SMILES string of the molecule is O=Cc1c(F)ccc(OC(F)(F)F)c1Br. The molecule has 0 N–H and O–H groups in total. The van der Waals surface area contributed by atoms with Crippen LogP contribution in [0.15, 0.2) is 16.6 Å². The average Bonchev–Trinajstić information content (AvgIpc) is 2.09. The van der Waals surface area contributed by atoms with Gasteiger partial charge in [-0.3, -0.25) is 4.79 Å². The lowest BCUT2D eigenvalue weighted by molar-refractivity contribution is -0.274. The molecule has 15 heavy (non-hydrogen) atoms. The molecule has 0 aliphatic carbocycles. The maximum absolute atomic E-state index is 12.9. The van der Waals surface area contributed by atoms with Crippen molar-refractivity contribution in [2.75, 3.05) is 0 Å². The molecule has 2 nitrogen and oxygen atoms in total. The van der Waals surface area contributed by atoms with E-state index in [1.54, 1.807) is 0 Å². The van der Waals surface area contributed by atoms with Crippen molar-refractivity contribution < 1.29 is 27.1 Å². The third-order valence-electron chi connectivity index (χ3n) is 1.43. The largest absolute Gasteiger partial charge is 0.573 e. The first-order valence-electron chi connectivity index (χ1n) is 3.54. The smallest absolute Gasteiger partial charge is 0.405 e. The van der Waals surface area contributed by atoms with Crippen molar-refractivity contribution in [3.63, 3.8) is 0 Å². The summed E-state index contributed by atoms with van der Waals surface area (Å²) in [6, 6.07) is 1.50. The Morgan fingerprint density at radius 2 is 1.93 bits per heavy atom. The lowest BCUT2D eigenvalue weighted by atomic mass is 10.2. The number of aldehydes is 1. The topological polar surface area (TPSA) is 26.3 Å². The molecular formula is C8H3BrF4O2. The molecule has 1 rings (SSSR count). The first kappa shape index (κ1) is 12.0. The fraction of sp³-hybridized carbons (Fsp3) is 0.125. The normalized spacial score (nSPS) is 11.3. The molecule has 0 radical (unpaired) electrons. The van der Waals surface area contributed by atoms with Gasteiger partial charge in [0.05, 0.1) is 10.0 Å². The zero-order valence-electron chi connectivity index (χ0n) is 6.94. The van der Waals surface area contributed by atoms with Crippen molar-refractivity contribution >= 4 is 22.2 Å². The van der Waals surface area contributed by atoms with E-state index in [0.717, 1.165) is 12.1 Å². The van der Waals surface area contributed by atoms with Gasteiger partial charge in [0.1, 0.15) is 11.6 Å². The van der Waals surface area contributed by atoms with Crippen molar-refractivity contribution in [1.82, 2.24) is 0 Å². The zero-order valence-corrected chi connectivity index (χ0v) is 8.52. The number of hydrogen-bond donors (Lipinski definition) is 0. The first-order chi connectivity index (χ1) is 6.85. The number of benzene rings is 1. The summed E-state index contributed by atoms with van der Waals surface area (Å²) in [5.41, 5.74) is -0.517. The molecule has 7 heteroatoms. The van der Waals surface area contributed by atoms with Crippen LogP contribution in [0.3, 0.4) is 0 Å². The molecule has 0 bridgehead atoms. The second-order valence-electron chi connectivity index (χ2n) is 2.44. The van der Waals surface area contributed by atoms with Crippen LogP contribution >= 0.6 is 15.9 Å². The highest BCUT2D eigenvalue weighted by Crippen LogP contribution is 2.33. The predicted octanol–water partition coefficient (Wildman–Crippen LogP) is 3.30. The molecule has 82 valence electrons. The van der Waals surface area contributed by atoms with Crippen LogP contribution in [0.4, 0.5) is 17.6 Å². The Balaban J connectivity index is 3.16. The van der Waals surface area contributed by atoms with Gasteiger partial charge in [-0.25, -0.2) is 4.39 Å². The van der Waals surface area contributed by atoms with Crippen molar-refractivity contribution in [2.45, 2.75) is 6.36 Å². The molecule has 0 fully saturated rings. The van der Waals surface area contributed by atoms with Crippen LogP contribution in [0.2, 0.25) is 0 Å². The molecule has 0 saturated carbocycles. The van der Waals surface area contributed by atoms with Gasteiger partial charge in [0.15, 0.2) is 6.29 Å². The summed E-state index contributed by atoms with van der Waals surface area (Å²) in [6.45, 7) is 0. The molecular weight excluding hydrogens is 284 g/mol. The number of alkyl halides is 3. The van der Waals surface area contributed by atoms with E-state index in [9.17, 15) is 22.4 Å². The van der Waals surface area contributed by atoms with E-state index in [2.05, 4.69) is 20.7 Å². The average molecular weight is 287 g/mol. The summed E-state index contributed by atoms with van der Waals surface area (Å²) in [4.78, 5) is 10.4. The molecule has 0 atom stereocenters. The fourth-order valence-electron chi connectivity index (χ4n) is 0.861. The standard InChI is InChI=1S/C8H3BrF4O2/c9-7-4(3-14)5(10)1-2-6(7)15-8(11,12)13/h1-3H. The van der Waals surface area contributed by atoms with E-state index in [1.165, 1.54) is 0 Å². The van der Waals surface area contributed by atoms with Crippen LogP contribution in [0.25, 0.3) is 0 Å². The Hall–Kier alpha value is -1.11. The molecule has 0 spiro atoms. The van der Waals surface area contributed by atoms with Crippen LogP contribution < -0.4 is 4.74 Å². The van der Waals surface area contributed by atoms with Gasteiger partial charge in [-0.2, -0.15) is 0 Å². The van der Waals surface area contributed by atoms with Gasteiger partial charge in [-0.1, -0.05) is 0 Å². The maximum atomic E-state index is 12.9. The predicted molar refractivity (Wildman–Crippen MR) is 46.2 cm³/mol. The Bertz CT molecular complexity index is 389. The Morgan fingerprint density at radius 3 is 2.40 bits per heavy atom. The van der Waals surface area contributed by atoms with E-state index in [4.69, 9.17) is 0 Å². The number of rotatable bonds is 2. The second-order valence-corrected chi connectivity index (χ2v) is 3.23. The summed E-state index contributed by atoms with van der Waals surface area (Å²) < 4.78 is 51.6.